The molecule has 0 saturated carbocycles. The molecule has 1 N–H and O–H groups in total. The van der Waals surface area contributed by atoms with Crippen molar-refractivity contribution in [3.8, 4) is 11.5 Å². The van der Waals surface area contributed by atoms with Crippen molar-refractivity contribution < 1.29 is 28.5 Å². The summed E-state index contributed by atoms with van der Waals surface area (Å²) >= 11 is 0. The highest BCUT2D eigenvalue weighted by molar-refractivity contribution is 5.81. The van der Waals surface area contributed by atoms with Gasteiger partial charge in [0.15, 0.2) is 11.5 Å². The van der Waals surface area contributed by atoms with Gasteiger partial charge in [0.05, 0.1) is 0 Å². The number of rotatable bonds is 6. The maximum Gasteiger partial charge on any atom is 0.407 e. The van der Waals surface area contributed by atoms with E-state index in [1.165, 1.54) is 0 Å². The SMILES string of the molecule is C[C@H](CN(Cc1ccc2c(c1)OCO2)C(=O)[C@@H]1CCCO1)NC(=O)OC(C)(C)C. The quantitative estimate of drug-likeness (QED) is 0.782. The van der Waals surface area contributed by atoms with Crippen LogP contribution < -0.4 is 14.8 Å². The van der Waals surface area contributed by atoms with Gasteiger partial charge < -0.3 is 29.2 Å². The van der Waals surface area contributed by atoms with Crippen LogP contribution in [0.5, 0.6) is 11.5 Å². The topological polar surface area (TPSA) is 86.3 Å². The Kier molecular flexibility index (Phi) is 6.52. The maximum atomic E-state index is 13.0. The fourth-order valence-electron chi connectivity index (χ4n) is 3.35. The Morgan fingerprint density at radius 1 is 1.28 bits per heavy atom. The van der Waals surface area contributed by atoms with Crippen molar-refractivity contribution in [2.24, 2.45) is 0 Å². The van der Waals surface area contributed by atoms with Crippen LogP contribution in [0.3, 0.4) is 0 Å². The third-order valence-corrected chi connectivity index (χ3v) is 4.58. The Morgan fingerprint density at radius 3 is 2.72 bits per heavy atom. The zero-order chi connectivity index (χ0) is 21.0. The van der Waals surface area contributed by atoms with Gasteiger partial charge in [0.2, 0.25) is 6.79 Å². The van der Waals surface area contributed by atoms with Gasteiger partial charge in [-0.2, -0.15) is 0 Å². The second kappa shape index (κ2) is 8.90. The monoisotopic (exact) mass is 406 g/mol. The smallest absolute Gasteiger partial charge is 0.407 e. The summed E-state index contributed by atoms with van der Waals surface area (Å²) in [5, 5.41) is 2.80. The standard InChI is InChI=1S/C21H30N2O6/c1-14(22-20(25)29-21(2,3)4)11-23(19(24)17-6-5-9-26-17)12-15-7-8-16-18(10-15)28-13-27-16/h7-8,10,14,17H,5-6,9,11-13H2,1-4H3,(H,22,25)/t14-,17+/m1/s1. The summed E-state index contributed by atoms with van der Waals surface area (Å²) in [6.07, 6.45) is 0.653. The van der Waals surface area contributed by atoms with E-state index in [4.69, 9.17) is 18.9 Å². The van der Waals surface area contributed by atoms with Crippen molar-refractivity contribution in [1.82, 2.24) is 10.2 Å². The minimum absolute atomic E-state index is 0.0713. The largest absolute Gasteiger partial charge is 0.454 e. The highest BCUT2D eigenvalue weighted by Gasteiger charge is 2.30. The molecule has 0 radical (unpaired) electrons. The van der Waals surface area contributed by atoms with E-state index in [1.807, 2.05) is 45.9 Å². The number of alkyl carbamates (subject to hydrolysis) is 1. The van der Waals surface area contributed by atoms with Gasteiger partial charge in [-0.3, -0.25) is 4.79 Å². The molecule has 0 spiro atoms. The molecule has 8 heteroatoms. The van der Waals surface area contributed by atoms with Crippen molar-refractivity contribution >= 4 is 12.0 Å². The van der Waals surface area contributed by atoms with Crippen LogP contribution in [-0.2, 0) is 20.8 Å². The van der Waals surface area contributed by atoms with E-state index in [1.54, 1.807) is 4.90 Å². The van der Waals surface area contributed by atoms with Crippen molar-refractivity contribution in [1.29, 1.82) is 0 Å². The molecule has 2 amide bonds. The van der Waals surface area contributed by atoms with E-state index in [0.29, 0.717) is 37.6 Å². The normalized spacial score (nSPS) is 19.0. The molecule has 2 heterocycles. The lowest BCUT2D eigenvalue weighted by molar-refractivity contribution is -0.142. The number of carbonyl (C=O) groups excluding carboxylic acids is 2. The first kappa shape index (κ1) is 21.2. The van der Waals surface area contributed by atoms with E-state index >= 15 is 0 Å². The molecule has 0 bridgehead atoms. The first-order chi connectivity index (χ1) is 13.7. The molecule has 160 valence electrons. The van der Waals surface area contributed by atoms with Gasteiger partial charge in [0, 0.05) is 25.7 Å². The summed E-state index contributed by atoms with van der Waals surface area (Å²) in [6.45, 7) is 8.80. The maximum absolute atomic E-state index is 13.0. The Hall–Kier alpha value is -2.48. The molecule has 1 aromatic rings. The second-order valence-corrected chi connectivity index (χ2v) is 8.46. The van der Waals surface area contributed by atoms with E-state index in [9.17, 15) is 9.59 Å². The van der Waals surface area contributed by atoms with Gasteiger partial charge in [0.25, 0.3) is 5.91 Å². The fourth-order valence-corrected chi connectivity index (χ4v) is 3.35. The average Bonchev–Trinajstić information content (AvgIpc) is 3.30. The van der Waals surface area contributed by atoms with Crippen LogP contribution in [0.4, 0.5) is 4.79 Å². The zero-order valence-corrected chi connectivity index (χ0v) is 17.5. The van der Waals surface area contributed by atoms with E-state index in [-0.39, 0.29) is 18.7 Å². The molecule has 0 unspecified atom stereocenters. The lowest BCUT2D eigenvalue weighted by Gasteiger charge is -2.29. The Morgan fingerprint density at radius 2 is 2.03 bits per heavy atom. The molecular weight excluding hydrogens is 376 g/mol. The summed E-state index contributed by atoms with van der Waals surface area (Å²) in [4.78, 5) is 26.8. The molecule has 0 aliphatic carbocycles. The Labute approximate surface area is 171 Å². The highest BCUT2D eigenvalue weighted by atomic mass is 16.7. The summed E-state index contributed by atoms with van der Waals surface area (Å²) in [5.41, 5.74) is 0.341. The number of nitrogens with zero attached hydrogens (tertiary/aromatic N) is 1. The lowest BCUT2D eigenvalue weighted by atomic mass is 10.1. The molecule has 1 saturated heterocycles. The molecule has 2 aliphatic rings. The summed E-state index contributed by atoms with van der Waals surface area (Å²) < 4.78 is 21.7. The number of benzene rings is 1. The molecule has 3 rings (SSSR count). The third-order valence-electron chi connectivity index (χ3n) is 4.58. The zero-order valence-electron chi connectivity index (χ0n) is 17.5. The number of hydrogen-bond acceptors (Lipinski definition) is 6. The van der Waals surface area contributed by atoms with Gasteiger partial charge in [-0.15, -0.1) is 0 Å². The number of nitrogens with one attached hydrogen (secondary N) is 1. The fraction of sp³-hybridized carbons (Fsp3) is 0.619. The number of carbonyl (C=O) groups is 2. The van der Waals surface area contributed by atoms with Crippen molar-refractivity contribution in [2.45, 2.75) is 64.8 Å². The van der Waals surface area contributed by atoms with Crippen molar-refractivity contribution in [3.63, 3.8) is 0 Å². The molecule has 2 atom stereocenters. The summed E-state index contributed by atoms with van der Waals surface area (Å²) in [5.74, 6) is 1.30. The molecular formula is C21H30N2O6. The number of amides is 2. The first-order valence-corrected chi connectivity index (χ1v) is 10.00. The van der Waals surface area contributed by atoms with Gasteiger partial charge in [-0.1, -0.05) is 6.07 Å². The van der Waals surface area contributed by atoms with Crippen LogP contribution in [0.25, 0.3) is 0 Å². The van der Waals surface area contributed by atoms with Crippen molar-refractivity contribution in [3.05, 3.63) is 23.8 Å². The van der Waals surface area contributed by atoms with Crippen LogP contribution in [0.1, 0.15) is 46.1 Å². The van der Waals surface area contributed by atoms with Crippen LogP contribution in [0, 0.1) is 0 Å². The van der Waals surface area contributed by atoms with Crippen LogP contribution in [0.15, 0.2) is 18.2 Å². The molecule has 8 nitrogen and oxygen atoms in total. The van der Waals surface area contributed by atoms with Crippen molar-refractivity contribution in [2.75, 3.05) is 19.9 Å². The molecule has 1 aromatic carbocycles. The van der Waals surface area contributed by atoms with Gasteiger partial charge in [-0.05, 0) is 58.2 Å². The number of fused-ring (bicyclic) bond motifs is 1. The van der Waals surface area contributed by atoms with Gasteiger partial charge in [-0.25, -0.2) is 4.79 Å². The van der Waals surface area contributed by atoms with E-state index in [0.717, 1.165) is 12.0 Å². The molecule has 0 aromatic heterocycles. The predicted molar refractivity (Wildman–Crippen MR) is 106 cm³/mol. The first-order valence-electron chi connectivity index (χ1n) is 10.00. The second-order valence-electron chi connectivity index (χ2n) is 8.46. The minimum atomic E-state index is -0.580. The van der Waals surface area contributed by atoms with E-state index in [2.05, 4.69) is 5.32 Å². The Balaban J connectivity index is 1.67. The summed E-state index contributed by atoms with van der Waals surface area (Å²) in [7, 11) is 0. The lowest BCUT2D eigenvalue weighted by Crippen LogP contribution is -2.47. The molecule has 1 fully saturated rings. The number of ether oxygens (including phenoxy) is 4. The van der Waals surface area contributed by atoms with Crippen LogP contribution in [0.2, 0.25) is 0 Å². The van der Waals surface area contributed by atoms with Gasteiger partial charge >= 0.3 is 6.09 Å². The Bertz CT molecular complexity index is 739. The molecule has 29 heavy (non-hydrogen) atoms. The highest BCUT2D eigenvalue weighted by Crippen LogP contribution is 2.33. The molecule has 2 aliphatic heterocycles. The number of hydrogen-bond donors (Lipinski definition) is 1. The van der Waals surface area contributed by atoms with E-state index < -0.39 is 17.8 Å². The predicted octanol–water partition coefficient (Wildman–Crippen LogP) is 2.84. The minimum Gasteiger partial charge on any atom is -0.454 e. The summed E-state index contributed by atoms with van der Waals surface area (Å²) in [6, 6.07) is 5.35. The van der Waals surface area contributed by atoms with Crippen LogP contribution >= 0.6 is 0 Å². The third kappa shape index (κ3) is 6.00. The van der Waals surface area contributed by atoms with Gasteiger partial charge in [0.1, 0.15) is 11.7 Å². The average molecular weight is 406 g/mol. The van der Waals surface area contributed by atoms with Crippen LogP contribution in [-0.4, -0.2) is 54.6 Å².